The second kappa shape index (κ2) is 8.27. The van der Waals surface area contributed by atoms with Crippen molar-refractivity contribution in [2.24, 2.45) is 5.92 Å². The minimum Gasteiger partial charge on any atom is -0.493 e. The van der Waals surface area contributed by atoms with Gasteiger partial charge in [-0.25, -0.2) is 0 Å². The molecule has 5 nitrogen and oxygen atoms in total. The number of aryl methyl sites for hydroxylation is 1. The lowest BCUT2D eigenvalue weighted by Crippen LogP contribution is -2.23. The van der Waals surface area contributed by atoms with E-state index in [9.17, 15) is 9.59 Å². The Labute approximate surface area is 171 Å². The Hall–Kier alpha value is -2.82. The first-order chi connectivity index (χ1) is 14.1. The summed E-state index contributed by atoms with van der Waals surface area (Å²) in [5.41, 5.74) is 3.47. The molecular weight excluding hydrogens is 368 g/mol. The van der Waals surface area contributed by atoms with Crippen molar-refractivity contribution in [2.75, 3.05) is 14.2 Å². The first-order valence-electron chi connectivity index (χ1n) is 10.3. The molecule has 2 aromatic rings. The summed E-state index contributed by atoms with van der Waals surface area (Å²) in [5, 5.41) is 0. The van der Waals surface area contributed by atoms with E-state index in [-0.39, 0.29) is 17.7 Å². The summed E-state index contributed by atoms with van der Waals surface area (Å²) in [6.45, 7) is 0. The van der Waals surface area contributed by atoms with Gasteiger partial charge in [-0.2, -0.15) is 0 Å². The van der Waals surface area contributed by atoms with Gasteiger partial charge in [0.15, 0.2) is 17.3 Å². The number of methoxy groups -OCH3 is 2. The highest BCUT2D eigenvalue weighted by atomic mass is 16.6. The average molecular weight is 394 g/mol. The lowest BCUT2D eigenvalue weighted by atomic mass is 9.89. The van der Waals surface area contributed by atoms with Crippen molar-refractivity contribution in [2.45, 2.75) is 44.9 Å². The Morgan fingerprint density at radius 1 is 0.897 bits per heavy atom. The van der Waals surface area contributed by atoms with Crippen molar-refractivity contribution in [1.82, 2.24) is 0 Å². The maximum absolute atomic E-state index is 12.9. The monoisotopic (exact) mass is 394 g/mol. The zero-order valence-electron chi connectivity index (χ0n) is 17.0. The van der Waals surface area contributed by atoms with Gasteiger partial charge in [0, 0.05) is 17.5 Å². The van der Waals surface area contributed by atoms with Crippen LogP contribution < -0.4 is 14.2 Å². The molecule has 2 aromatic carbocycles. The lowest BCUT2D eigenvalue weighted by molar-refractivity contribution is -0.140. The van der Waals surface area contributed by atoms with E-state index in [1.54, 1.807) is 14.2 Å². The van der Waals surface area contributed by atoms with E-state index in [0.29, 0.717) is 23.7 Å². The maximum atomic E-state index is 12.9. The third-order valence-electron chi connectivity index (χ3n) is 5.98. The number of fused-ring (bicyclic) bond motifs is 1. The highest BCUT2D eigenvalue weighted by Gasteiger charge is 2.28. The molecule has 152 valence electrons. The fraction of sp³-hybridized carbons (Fsp3) is 0.417. The van der Waals surface area contributed by atoms with Crippen LogP contribution >= 0.6 is 0 Å². The minimum atomic E-state index is -0.214. The quantitative estimate of drug-likeness (QED) is 0.528. The first kappa shape index (κ1) is 19.5. The molecule has 0 aliphatic heterocycles. The van der Waals surface area contributed by atoms with Gasteiger partial charge in [-0.05, 0) is 42.5 Å². The zero-order chi connectivity index (χ0) is 20.4. The van der Waals surface area contributed by atoms with Crippen molar-refractivity contribution in [1.29, 1.82) is 0 Å². The predicted molar refractivity (Wildman–Crippen MR) is 110 cm³/mol. The summed E-state index contributed by atoms with van der Waals surface area (Å²) in [6.07, 6.45) is 6.30. The van der Waals surface area contributed by atoms with Gasteiger partial charge in [0.05, 0.1) is 20.1 Å². The van der Waals surface area contributed by atoms with Crippen LogP contribution in [-0.4, -0.2) is 26.0 Å². The SMILES string of the molecule is COc1ccc(-c2ccc3c(c2)CCC3=O)c(OC(=O)C2CCCCC2)c1OC. The van der Waals surface area contributed by atoms with E-state index >= 15 is 0 Å². The zero-order valence-corrected chi connectivity index (χ0v) is 17.0. The third kappa shape index (κ3) is 3.74. The van der Waals surface area contributed by atoms with Gasteiger partial charge in [0.1, 0.15) is 0 Å². The molecule has 2 aliphatic carbocycles. The maximum Gasteiger partial charge on any atom is 0.314 e. The largest absolute Gasteiger partial charge is 0.493 e. The van der Waals surface area contributed by atoms with E-state index in [2.05, 4.69) is 0 Å². The minimum absolute atomic E-state index is 0.0786. The molecule has 0 heterocycles. The fourth-order valence-electron chi connectivity index (χ4n) is 4.37. The Balaban J connectivity index is 1.75. The van der Waals surface area contributed by atoms with E-state index in [1.165, 1.54) is 6.42 Å². The molecule has 0 bridgehead atoms. The topological polar surface area (TPSA) is 61.8 Å². The van der Waals surface area contributed by atoms with Crippen LogP contribution in [0.4, 0.5) is 0 Å². The van der Waals surface area contributed by atoms with Crippen LogP contribution in [0.25, 0.3) is 11.1 Å². The number of esters is 1. The molecule has 0 radical (unpaired) electrons. The molecule has 0 saturated heterocycles. The van der Waals surface area contributed by atoms with E-state index < -0.39 is 0 Å². The van der Waals surface area contributed by atoms with Crippen LogP contribution in [0.15, 0.2) is 30.3 Å². The van der Waals surface area contributed by atoms with Crippen LogP contribution in [0.5, 0.6) is 17.2 Å². The number of ketones is 1. The normalized spacial score (nSPS) is 16.4. The van der Waals surface area contributed by atoms with Crippen molar-refractivity contribution in [3.8, 4) is 28.4 Å². The number of hydrogen-bond donors (Lipinski definition) is 0. The Bertz CT molecular complexity index is 941. The molecule has 0 atom stereocenters. The summed E-state index contributed by atoms with van der Waals surface area (Å²) in [7, 11) is 3.10. The number of rotatable bonds is 5. The van der Waals surface area contributed by atoms with Crippen molar-refractivity contribution >= 4 is 11.8 Å². The summed E-state index contributed by atoms with van der Waals surface area (Å²) in [4.78, 5) is 24.9. The molecule has 4 rings (SSSR count). The molecule has 0 amide bonds. The number of benzene rings is 2. The van der Waals surface area contributed by atoms with Crippen LogP contribution in [-0.2, 0) is 11.2 Å². The van der Waals surface area contributed by atoms with Gasteiger partial charge < -0.3 is 14.2 Å². The number of ether oxygens (including phenoxy) is 3. The highest BCUT2D eigenvalue weighted by molar-refractivity contribution is 6.01. The van der Waals surface area contributed by atoms with Crippen molar-refractivity contribution < 1.29 is 23.8 Å². The van der Waals surface area contributed by atoms with Crippen LogP contribution in [0, 0.1) is 5.92 Å². The molecule has 29 heavy (non-hydrogen) atoms. The first-order valence-corrected chi connectivity index (χ1v) is 10.3. The smallest absolute Gasteiger partial charge is 0.314 e. The Morgan fingerprint density at radius 3 is 2.38 bits per heavy atom. The third-order valence-corrected chi connectivity index (χ3v) is 5.98. The Morgan fingerprint density at radius 2 is 1.66 bits per heavy atom. The second-order valence-electron chi connectivity index (χ2n) is 7.73. The molecule has 1 saturated carbocycles. The van der Waals surface area contributed by atoms with Crippen LogP contribution in [0.2, 0.25) is 0 Å². The van der Waals surface area contributed by atoms with Gasteiger partial charge in [0.25, 0.3) is 0 Å². The van der Waals surface area contributed by atoms with Gasteiger partial charge >= 0.3 is 5.97 Å². The number of hydrogen-bond acceptors (Lipinski definition) is 5. The van der Waals surface area contributed by atoms with Crippen molar-refractivity contribution in [3.63, 3.8) is 0 Å². The predicted octanol–water partition coefficient (Wildman–Crippen LogP) is 4.99. The summed E-state index contributed by atoms with van der Waals surface area (Å²) < 4.78 is 16.9. The number of carbonyl (C=O) groups is 2. The van der Waals surface area contributed by atoms with E-state index in [0.717, 1.165) is 54.4 Å². The molecule has 0 unspecified atom stereocenters. The van der Waals surface area contributed by atoms with Gasteiger partial charge in [-0.1, -0.05) is 37.5 Å². The average Bonchev–Trinajstić information content (AvgIpc) is 3.14. The molecule has 5 heteroatoms. The summed E-state index contributed by atoms with van der Waals surface area (Å²) in [5.74, 6) is 1.19. The van der Waals surface area contributed by atoms with Crippen molar-refractivity contribution in [3.05, 3.63) is 41.5 Å². The number of Topliss-reactive ketones (excluding diaryl/α,β-unsaturated/α-hetero) is 1. The lowest BCUT2D eigenvalue weighted by Gasteiger charge is -2.22. The molecule has 1 fully saturated rings. The fourth-order valence-corrected chi connectivity index (χ4v) is 4.37. The number of carbonyl (C=O) groups excluding carboxylic acids is 2. The summed E-state index contributed by atoms with van der Waals surface area (Å²) >= 11 is 0. The van der Waals surface area contributed by atoms with Gasteiger partial charge in [0.2, 0.25) is 5.75 Å². The molecule has 0 spiro atoms. The van der Waals surface area contributed by atoms with Gasteiger partial charge in [-0.15, -0.1) is 0 Å². The highest BCUT2D eigenvalue weighted by Crippen LogP contribution is 2.45. The van der Waals surface area contributed by atoms with E-state index in [4.69, 9.17) is 14.2 Å². The molecule has 2 aliphatic rings. The summed E-state index contributed by atoms with van der Waals surface area (Å²) in [6, 6.07) is 9.47. The standard InChI is InChI=1S/C24H26O5/c1-27-21-13-11-19(17-8-10-18-16(14-17)9-12-20(18)25)22(23(21)28-2)29-24(26)15-6-4-3-5-7-15/h8,10-11,13-15H,3-7,9,12H2,1-2H3. The van der Waals surface area contributed by atoms with Crippen LogP contribution in [0.1, 0.15) is 54.4 Å². The van der Waals surface area contributed by atoms with Gasteiger partial charge in [-0.3, -0.25) is 9.59 Å². The van der Waals surface area contributed by atoms with E-state index in [1.807, 2.05) is 30.3 Å². The molecular formula is C24H26O5. The second-order valence-corrected chi connectivity index (χ2v) is 7.73. The molecule has 0 aromatic heterocycles. The Kier molecular flexibility index (Phi) is 5.56. The van der Waals surface area contributed by atoms with Crippen LogP contribution in [0.3, 0.4) is 0 Å². The molecule has 0 N–H and O–H groups in total.